The van der Waals surface area contributed by atoms with Crippen LogP contribution in [0, 0.1) is 5.92 Å². The standard InChI is InChI=1S/C36H49BN6O12P2/c1-24(2)18-31(41-34(46)29(19-25-10-6-5-7-11-25)40-35(47)30-21-38-16-17-39-30)37-54-22-26-14-15-28(20-27(26)23-55-37)43(3)33(45)13-9-8-12-32(44)42-36(56(48,49)50)57(51,52)53-4/h5-7,10-11,14-17,20-21,24,29,31,36H,8-9,12-13,18-19,22-23H2,1-4H3,(H,40,47)(H,41,46)(H,42,44)(H,51,52)(H2,48,49,50)/t29-,31-,36?/m1/s1. The maximum absolute atomic E-state index is 13.9. The summed E-state index contributed by atoms with van der Waals surface area (Å²) in [6.07, 6.45) is 5.10. The SMILES string of the molecule is COP(=O)(O)C(NC(=O)CCCCC(=O)N(C)c1ccc2c(c1)COB([C@@H](CC(C)C)NC(=O)[C@@H](Cc1ccccc1)NC(=O)c1cnccn1)OC2)P(=O)(O)O. The van der Waals surface area contributed by atoms with Crippen molar-refractivity contribution in [3.05, 3.63) is 89.5 Å². The lowest BCUT2D eigenvalue weighted by Gasteiger charge is -2.27. The lowest BCUT2D eigenvalue weighted by atomic mass is 9.73. The van der Waals surface area contributed by atoms with E-state index in [4.69, 9.17) is 9.31 Å². The minimum absolute atomic E-state index is 0.0437. The molecule has 4 atom stereocenters. The van der Waals surface area contributed by atoms with Crippen molar-refractivity contribution in [1.82, 2.24) is 25.9 Å². The molecule has 21 heteroatoms. The fraction of sp³-hybridized carbons (Fsp3) is 0.444. The minimum atomic E-state index is -5.21. The molecule has 4 amide bonds. The number of carbonyl (C=O) groups excluding carboxylic acids is 4. The highest BCUT2D eigenvalue weighted by Crippen LogP contribution is 2.61. The largest absolute Gasteiger partial charge is 0.481 e. The molecule has 18 nitrogen and oxygen atoms in total. The van der Waals surface area contributed by atoms with Crippen LogP contribution in [0.4, 0.5) is 5.69 Å². The maximum atomic E-state index is 13.9. The summed E-state index contributed by atoms with van der Waals surface area (Å²) >= 11 is 0. The van der Waals surface area contributed by atoms with Crippen molar-refractivity contribution in [2.24, 2.45) is 5.92 Å². The molecule has 3 aromatic rings. The Hall–Kier alpha value is -4.32. The van der Waals surface area contributed by atoms with Gasteiger partial charge in [0.25, 0.3) is 5.91 Å². The van der Waals surface area contributed by atoms with Gasteiger partial charge in [0.05, 0.1) is 25.4 Å². The van der Waals surface area contributed by atoms with E-state index in [1.54, 1.807) is 13.1 Å². The fourth-order valence-corrected chi connectivity index (χ4v) is 8.63. The van der Waals surface area contributed by atoms with E-state index in [9.17, 15) is 43.0 Å². The molecular weight excluding hydrogens is 781 g/mol. The Morgan fingerprint density at radius 1 is 0.930 bits per heavy atom. The first-order chi connectivity index (χ1) is 27.0. The first-order valence-electron chi connectivity index (χ1n) is 18.2. The predicted octanol–water partition coefficient (Wildman–Crippen LogP) is 3.06. The smallest absolute Gasteiger partial charge is 0.406 e. The first kappa shape index (κ1) is 45.4. The third-order valence-corrected chi connectivity index (χ3v) is 12.9. The number of amides is 4. The van der Waals surface area contributed by atoms with Crippen LogP contribution in [0.1, 0.15) is 73.1 Å². The van der Waals surface area contributed by atoms with E-state index in [1.165, 1.54) is 23.5 Å². The number of fused-ring (bicyclic) bond motifs is 1. The second kappa shape index (κ2) is 20.9. The van der Waals surface area contributed by atoms with Gasteiger partial charge in [-0.2, -0.15) is 0 Å². The summed E-state index contributed by atoms with van der Waals surface area (Å²) in [4.78, 5) is 90.3. The zero-order valence-corrected chi connectivity index (χ0v) is 33.9. The van der Waals surface area contributed by atoms with Crippen molar-refractivity contribution in [2.75, 3.05) is 19.1 Å². The van der Waals surface area contributed by atoms with E-state index in [2.05, 4.69) is 25.1 Å². The van der Waals surface area contributed by atoms with Crippen LogP contribution in [0.15, 0.2) is 67.1 Å². The van der Waals surface area contributed by atoms with E-state index >= 15 is 0 Å². The van der Waals surface area contributed by atoms with Crippen molar-refractivity contribution >= 4 is 51.6 Å². The topological polar surface area (TPSA) is 256 Å². The summed E-state index contributed by atoms with van der Waals surface area (Å²) < 4.78 is 40.4. The molecule has 0 saturated carbocycles. The molecule has 0 fully saturated rings. The number of rotatable bonds is 19. The Kier molecular flexibility index (Phi) is 16.7. The number of carbonyl (C=O) groups is 4. The van der Waals surface area contributed by atoms with Gasteiger partial charge in [-0.1, -0.05) is 50.2 Å². The lowest BCUT2D eigenvalue weighted by Crippen LogP contribution is -2.56. The van der Waals surface area contributed by atoms with Gasteiger partial charge < -0.3 is 49.4 Å². The molecule has 57 heavy (non-hydrogen) atoms. The number of nitrogens with zero attached hydrogens (tertiary/aromatic N) is 3. The summed E-state index contributed by atoms with van der Waals surface area (Å²) in [6.45, 7) is 4.30. The Balaban J connectivity index is 1.36. The summed E-state index contributed by atoms with van der Waals surface area (Å²) in [6, 6.07) is 13.8. The number of hydrogen-bond acceptors (Lipinski definition) is 11. The Bertz CT molecular complexity index is 1940. The van der Waals surface area contributed by atoms with Gasteiger partial charge in [-0.15, -0.1) is 0 Å². The number of aromatic nitrogens is 2. The number of anilines is 1. The molecule has 0 bridgehead atoms. The van der Waals surface area contributed by atoms with Crippen LogP contribution in [0.2, 0.25) is 0 Å². The molecule has 6 N–H and O–H groups in total. The van der Waals surface area contributed by atoms with Gasteiger partial charge >= 0.3 is 22.3 Å². The fourth-order valence-electron chi connectivity index (χ4n) is 6.00. The quantitative estimate of drug-likeness (QED) is 0.0577. The zero-order chi connectivity index (χ0) is 41.8. The van der Waals surface area contributed by atoms with Gasteiger partial charge in [0.1, 0.15) is 11.7 Å². The van der Waals surface area contributed by atoms with Crippen LogP contribution >= 0.6 is 15.2 Å². The van der Waals surface area contributed by atoms with Gasteiger partial charge in [0.2, 0.25) is 23.2 Å². The van der Waals surface area contributed by atoms with Crippen LogP contribution in [0.3, 0.4) is 0 Å². The van der Waals surface area contributed by atoms with Crippen molar-refractivity contribution in [3.8, 4) is 0 Å². The second-order valence-electron chi connectivity index (χ2n) is 13.9. The number of nitrogens with one attached hydrogen (secondary N) is 3. The number of unbranched alkanes of at least 4 members (excludes halogenated alkanes) is 1. The molecule has 0 aliphatic carbocycles. The molecule has 2 heterocycles. The van der Waals surface area contributed by atoms with Gasteiger partial charge in [-0.25, -0.2) is 4.98 Å². The third kappa shape index (κ3) is 13.6. The molecule has 1 aliphatic rings. The van der Waals surface area contributed by atoms with Crippen LogP contribution < -0.4 is 20.9 Å². The summed E-state index contributed by atoms with van der Waals surface area (Å²) in [7, 11) is -8.48. The summed E-state index contributed by atoms with van der Waals surface area (Å²) in [5.74, 6) is -2.55. The highest BCUT2D eigenvalue weighted by Gasteiger charge is 2.46. The van der Waals surface area contributed by atoms with Gasteiger partial charge in [0.15, 0.2) is 0 Å². The normalized spacial score (nSPS) is 15.6. The summed E-state index contributed by atoms with van der Waals surface area (Å²) in [5.41, 5.74) is 0.698. The molecule has 1 aliphatic heterocycles. The average molecular weight is 831 g/mol. The number of hydrogen-bond donors (Lipinski definition) is 6. The monoisotopic (exact) mass is 830 g/mol. The average Bonchev–Trinajstić information content (AvgIpc) is 3.40. The zero-order valence-electron chi connectivity index (χ0n) is 32.1. The molecule has 2 unspecified atom stereocenters. The third-order valence-electron chi connectivity index (χ3n) is 9.06. The molecule has 0 saturated heterocycles. The van der Waals surface area contributed by atoms with E-state index in [0.717, 1.165) is 23.8 Å². The van der Waals surface area contributed by atoms with Crippen LogP contribution in [-0.4, -0.2) is 87.1 Å². The maximum Gasteiger partial charge on any atom is 0.481 e. The van der Waals surface area contributed by atoms with Gasteiger partial charge in [-0.05, 0) is 54.0 Å². The second-order valence-corrected chi connectivity index (χ2v) is 18.0. The molecule has 4 rings (SSSR count). The van der Waals surface area contributed by atoms with Crippen molar-refractivity contribution in [2.45, 2.75) is 83.1 Å². The molecular formula is C36H49BN6O12P2. The molecule has 2 aromatic carbocycles. The molecule has 308 valence electrons. The van der Waals surface area contributed by atoms with E-state index in [0.29, 0.717) is 12.1 Å². The Morgan fingerprint density at radius 3 is 2.25 bits per heavy atom. The minimum Gasteiger partial charge on any atom is -0.406 e. The Morgan fingerprint density at radius 2 is 1.61 bits per heavy atom. The van der Waals surface area contributed by atoms with Gasteiger partial charge in [-0.3, -0.25) is 33.3 Å². The molecule has 0 spiro atoms. The van der Waals surface area contributed by atoms with E-state index < -0.39 is 57.5 Å². The number of benzene rings is 2. The molecule has 0 radical (unpaired) electrons. The molecule has 1 aromatic heterocycles. The predicted molar refractivity (Wildman–Crippen MR) is 209 cm³/mol. The Labute approximate surface area is 331 Å². The highest BCUT2D eigenvalue weighted by atomic mass is 31.2. The highest BCUT2D eigenvalue weighted by molar-refractivity contribution is 7.71. The lowest BCUT2D eigenvalue weighted by molar-refractivity contribution is -0.123. The van der Waals surface area contributed by atoms with E-state index in [1.807, 2.05) is 61.6 Å². The van der Waals surface area contributed by atoms with Crippen molar-refractivity contribution in [1.29, 1.82) is 0 Å². The summed E-state index contributed by atoms with van der Waals surface area (Å²) in [5, 5.41) is 7.75. The first-order valence-corrected chi connectivity index (χ1v) is 21.6. The van der Waals surface area contributed by atoms with Crippen LogP contribution in [0.5, 0.6) is 0 Å². The van der Waals surface area contributed by atoms with Crippen molar-refractivity contribution in [3.63, 3.8) is 0 Å². The van der Waals surface area contributed by atoms with Crippen LogP contribution in [-0.2, 0) is 57.0 Å². The van der Waals surface area contributed by atoms with Gasteiger partial charge in [0, 0.05) is 51.5 Å². The van der Waals surface area contributed by atoms with E-state index in [-0.39, 0.29) is 62.8 Å². The van der Waals surface area contributed by atoms with Crippen molar-refractivity contribution < 1.29 is 56.8 Å². The van der Waals surface area contributed by atoms with Crippen LogP contribution in [0.25, 0.3) is 0 Å².